The Morgan fingerprint density at radius 2 is 2.00 bits per heavy atom. The van der Waals surface area contributed by atoms with Crippen LogP contribution < -0.4 is 10.6 Å². The van der Waals surface area contributed by atoms with Gasteiger partial charge in [0.15, 0.2) is 0 Å². The average molecular weight is 284 g/mol. The first kappa shape index (κ1) is 15.2. The van der Waals surface area contributed by atoms with Gasteiger partial charge in [-0.25, -0.2) is 0 Å². The maximum absolute atomic E-state index is 12.0. The van der Waals surface area contributed by atoms with Gasteiger partial charge in [-0.2, -0.15) is 0 Å². The number of carbonyl (C=O) groups excluding carboxylic acids is 1. The first-order valence-electron chi connectivity index (χ1n) is 7.83. The summed E-state index contributed by atoms with van der Waals surface area (Å²) in [6.45, 7) is 5.38. The van der Waals surface area contributed by atoms with E-state index in [0.717, 1.165) is 19.6 Å². The Kier molecular flexibility index (Phi) is 6.02. The van der Waals surface area contributed by atoms with E-state index in [1.807, 2.05) is 11.8 Å². The van der Waals surface area contributed by atoms with Crippen molar-refractivity contribution in [2.75, 3.05) is 25.4 Å². The van der Waals surface area contributed by atoms with Crippen molar-refractivity contribution in [2.24, 2.45) is 5.41 Å². The number of thioether (sulfide) groups is 1. The molecule has 1 saturated carbocycles. The lowest BCUT2D eigenvalue weighted by Gasteiger charge is -2.28. The first-order chi connectivity index (χ1) is 9.24. The third-order valence-corrected chi connectivity index (χ3v) is 6.18. The lowest BCUT2D eigenvalue weighted by atomic mass is 9.83. The number of hydrogen-bond acceptors (Lipinski definition) is 3. The van der Waals surface area contributed by atoms with Gasteiger partial charge in [-0.3, -0.25) is 4.79 Å². The van der Waals surface area contributed by atoms with Gasteiger partial charge in [0.25, 0.3) is 0 Å². The van der Waals surface area contributed by atoms with Crippen LogP contribution in [0.1, 0.15) is 51.9 Å². The van der Waals surface area contributed by atoms with E-state index in [2.05, 4.69) is 17.6 Å². The highest BCUT2D eigenvalue weighted by Gasteiger charge is 2.32. The fourth-order valence-electron chi connectivity index (χ4n) is 3.27. The fourth-order valence-corrected chi connectivity index (χ4v) is 4.33. The molecule has 0 aromatic rings. The molecule has 2 aliphatic rings. The van der Waals surface area contributed by atoms with Gasteiger partial charge in [0.2, 0.25) is 5.91 Å². The molecule has 1 aliphatic heterocycles. The van der Waals surface area contributed by atoms with Gasteiger partial charge in [0.05, 0.1) is 5.75 Å². The first-order valence-corrected chi connectivity index (χ1v) is 8.88. The van der Waals surface area contributed by atoms with E-state index in [0.29, 0.717) is 16.4 Å². The molecule has 2 rings (SSSR count). The van der Waals surface area contributed by atoms with E-state index in [4.69, 9.17) is 0 Å². The maximum atomic E-state index is 12.0. The lowest BCUT2D eigenvalue weighted by Crippen LogP contribution is -2.37. The van der Waals surface area contributed by atoms with E-state index in [9.17, 15) is 4.79 Å². The highest BCUT2D eigenvalue weighted by atomic mass is 32.2. The topological polar surface area (TPSA) is 41.1 Å². The number of carbonyl (C=O) groups is 1. The number of amides is 1. The molecule has 0 bridgehead atoms. The van der Waals surface area contributed by atoms with Crippen LogP contribution in [0, 0.1) is 5.41 Å². The second-order valence-electron chi connectivity index (χ2n) is 6.10. The average Bonchev–Trinajstić information content (AvgIpc) is 2.93. The normalized spacial score (nSPS) is 23.4. The van der Waals surface area contributed by atoms with Crippen LogP contribution >= 0.6 is 11.8 Å². The van der Waals surface area contributed by atoms with Crippen LogP contribution in [0.15, 0.2) is 0 Å². The highest BCUT2D eigenvalue weighted by molar-refractivity contribution is 8.00. The Morgan fingerprint density at radius 1 is 1.32 bits per heavy atom. The van der Waals surface area contributed by atoms with Crippen molar-refractivity contribution in [3.05, 3.63) is 0 Å². The molecule has 19 heavy (non-hydrogen) atoms. The van der Waals surface area contributed by atoms with E-state index in [1.165, 1.54) is 44.9 Å². The highest BCUT2D eigenvalue weighted by Crippen LogP contribution is 2.40. The summed E-state index contributed by atoms with van der Waals surface area (Å²) in [7, 11) is 0. The van der Waals surface area contributed by atoms with Crippen LogP contribution in [0.25, 0.3) is 0 Å². The van der Waals surface area contributed by atoms with Gasteiger partial charge in [-0.05, 0) is 50.6 Å². The Hall–Kier alpha value is -0.220. The zero-order chi connectivity index (χ0) is 13.6. The van der Waals surface area contributed by atoms with Crippen molar-refractivity contribution >= 4 is 17.7 Å². The molecule has 2 fully saturated rings. The van der Waals surface area contributed by atoms with E-state index >= 15 is 0 Å². The van der Waals surface area contributed by atoms with Gasteiger partial charge >= 0.3 is 0 Å². The third-order valence-electron chi connectivity index (χ3n) is 4.81. The van der Waals surface area contributed by atoms with Gasteiger partial charge in [0.1, 0.15) is 0 Å². The Morgan fingerprint density at radius 3 is 2.63 bits per heavy atom. The van der Waals surface area contributed by atoms with Crippen LogP contribution in [0.5, 0.6) is 0 Å². The van der Waals surface area contributed by atoms with Gasteiger partial charge < -0.3 is 10.6 Å². The number of piperidine rings is 1. The third kappa shape index (κ3) is 4.67. The molecule has 0 radical (unpaired) electrons. The zero-order valence-electron chi connectivity index (χ0n) is 12.2. The molecule has 1 heterocycles. The minimum Gasteiger partial charge on any atom is -0.355 e. The van der Waals surface area contributed by atoms with Crippen molar-refractivity contribution in [2.45, 2.75) is 57.1 Å². The molecule has 0 aromatic carbocycles. The summed E-state index contributed by atoms with van der Waals surface area (Å²) in [6.07, 6.45) is 8.89. The van der Waals surface area contributed by atoms with Crippen LogP contribution in [0.2, 0.25) is 0 Å². The maximum Gasteiger partial charge on any atom is 0.230 e. The molecule has 1 saturated heterocycles. The summed E-state index contributed by atoms with van der Waals surface area (Å²) >= 11 is 1.84. The standard InChI is InChI=1S/C15H28N2OS/c1-2-15(7-3-4-8-15)12-17-14(18)11-19-13-5-9-16-10-6-13/h13,16H,2-12H2,1H3,(H,17,18). The quantitative estimate of drug-likeness (QED) is 0.787. The van der Waals surface area contributed by atoms with Crippen LogP contribution in [0.4, 0.5) is 0 Å². The van der Waals surface area contributed by atoms with Crippen molar-refractivity contribution in [1.29, 1.82) is 0 Å². The molecular formula is C15H28N2OS. The second kappa shape index (κ2) is 7.53. The molecule has 0 spiro atoms. The van der Waals surface area contributed by atoms with Crippen LogP contribution in [-0.2, 0) is 4.79 Å². The SMILES string of the molecule is CCC1(CNC(=O)CSC2CCNCC2)CCCC1. The molecule has 2 N–H and O–H groups in total. The number of nitrogens with one attached hydrogen (secondary N) is 2. The van der Waals surface area contributed by atoms with Crippen molar-refractivity contribution in [3.63, 3.8) is 0 Å². The van der Waals surface area contributed by atoms with Gasteiger partial charge in [-0.15, -0.1) is 11.8 Å². The smallest absolute Gasteiger partial charge is 0.230 e. The van der Waals surface area contributed by atoms with E-state index in [1.54, 1.807) is 0 Å². The molecular weight excluding hydrogens is 256 g/mol. The predicted molar refractivity (Wildman–Crippen MR) is 82.6 cm³/mol. The van der Waals surface area contributed by atoms with Crippen molar-refractivity contribution < 1.29 is 4.79 Å². The summed E-state index contributed by atoms with van der Waals surface area (Å²) in [5.41, 5.74) is 0.412. The van der Waals surface area contributed by atoms with Gasteiger partial charge in [-0.1, -0.05) is 19.8 Å². The molecule has 0 atom stereocenters. The zero-order valence-corrected chi connectivity index (χ0v) is 13.0. The monoisotopic (exact) mass is 284 g/mol. The van der Waals surface area contributed by atoms with Crippen molar-refractivity contribution in [3.8, 4) is 0 Å². The molecule has 1 aliphatic carbocycles. The summed E-state index contributed by atoms with van der Waals surface area (Å²) in [4.78, 5) is 12.0. The lowest BCUT2D eigenvalue weighted by molar-refractivity contribution is -0.119. The molecule has 110 valence electrons. The van der Waals surface area contributed by atoms with Crippen LogP contribution in [-0.4, -0.2) is 36.5 Å². The summed E-state index contributed by atoms with van der Waals surface area (Å²) in [5.74, 6) is 0.882. The number of rotatable bonds is 6. The number of hydrogen-bond donors (Lipinski definition) is 2. The predicted octanol–water partition coefficient (Wildman–Crippen LogP) is 2.56. The van der Waals surface area contributed by atoms with E-state index in [-0.39, 0.29) is 5.91 Å². The molecule has 4 heteroatoms. The molecule has 3 nitrogen and oxygen atoms in total. The summed E-state index contributed by atoms with van der Waals surface area (Å²) in [5, 5.41) is 7.22. The second-order valence-corrected chi connectivity index (χ2v) is 7.39. The summed E-state index contributed by atoms with van der Waals surface area (Å²) < 4.78 is 0. The Balaban J connectivity index is 1.63. The summed E-state index contributed by atoms with van der Waals surface area (Å²) in [6, 6.07) is 0. The van der Waals surface area contributed by atoms with E-state index < -0.39 is 0 Å². The largest absolute Gasteiger partial charge is 0.355 e. The Labute approximate surface area is 121 Å². The van der Waals surface area contributed by atoms with Gasteiger partial charge in [0, 0.05) is 11.8 Å². The molecule has 1 amide bonds. The van der Waals surface area contributed by atoms with Crippen LogP contribution in [0.3, 0.4) is 0 Å². The van der Waals surface area contributed by atoms with Crippen molar-refractivity contribution in [1.82, 2.24) is 10.6 Å². The molecule has 0 aromatic heterocycles. The Bertz CT molecular complexity index is 284. The molecule has 0 unspecified atom stereocenters. The minimum absolute atomic E-state index is 0.239. The minimum atomic E-state index is 0.239. The fraction of sp³-hybridized carbons (Fsp3) is 0.933.